The molecule has 0 N–H and O–H groups in total. The molecule has 2 aliphatic heterocycles. The summed E-state index contributed by atoms with van der Waals surface area (Å²) in [4.78, 5) is 33.5. The number of ether oxygens (including phenoxy) is 1. The van der Waals surface area contributed by atoms with E-state index in [0.29, 0.717) is 24.4 Å². The summed E-state index contributed by atoms with van der Waals surface area (Å²) in [6, 6.07) is 7.88. The average molecular weight is 498 g/mol. The third-order valence-corrected chi connectivity index (χ3v) is 8.09. The van der Waals surface area contributed by atoms with Crippen LogP contribution in [0, 0.1) is 6.92 Å². The minimum Gasteiger partial charge on any atom is -0.489 e. The first-order valence-electron chi connectivity index (χ1n) is 11.8. The molecule has 0 saturated carbocycles. The van der Waals surface area contributed by atoms with E-state index in [1.807, 2.05) is 31.2 Å². The SMILES string of the molecule is CCN1CCC(Oc2c(C)cc(Cl)cc2-c2ccnc3cc(CN4C(=O)CCC4=O)sc23)CC1. The zero-order chi connectivity index (χ0) is 23.8. The summed E-state index contributed by atoms with van der Waals surface area (Å²) in [5, 5.41) is 0.663. The van der Waals surface area contributed by atoms with Gasteiger partial charge in [0.1, 0.15) is 11.9 Å². The molecule has 2 amide bonds. The lowest BCUT2D eigenvalue weighted by Gasteiger charge is -2.32. The van der Waals surface area contributed by atoms with Crippen molar-refractivity contribution in [3.8, 4) is 16.9 Å². The molecule has 6 nitrogen and oxygen atoms in total. The predicted octanol–water partition coefficient (Wildman–Crippen LogP) is 5.44. The lowest BCUT2D eigenvalue weighted by molar-refractivity contribution is -0.138. The van der Waals surface area contributed by atoms with Crippen molar-refractivity contribution in [2.75, 3.05) is 19.6 Å². The Morgan fingerprint density at radius 3 is 2.56 bits per heavy atom. The van der Waals surface area contributed by atoms with Crippen molar-refractivity contribution in [1.29, 1.82) is 0 Å². The normalized spacial score (nSPS) is 17.8. The summed E-state index contributed by atoms with van der Waals surface area (Å²) in [7, 11) is 0. The van der Waals surface area contributed by atoms with Gasteiger partial charge in [-0.15, -0.1) is 11.3 Å². The van der Waals surface area contributed by atoms with Gasteiger partial charge in [-0.1, -0.05) is 18.5 Å². The Labute approximate surface area is 208 Å². The molecule has 3 aromatic rings. The number of benzene rings is 1. The van der Waals surface area contributed by atoms with Gasteiger partial charge in [-0.25, -0.2) is 0 Å². The van der Waals surface area contributed by atoms with E-state index in [-0.39, 0.29) is 17.9 Å². The van der Waals surface area contributed by atoms with Crippen molar-refractivity contribution in [3.05, 3.63) is 45.9 Å². The number of imide groups is 1. The topological polar surface area (TPSA) is 62.7 Å². The smallest absolute Gasteiger partial charge is 0.230 e. The van der Waals surface area contributed by atoms with Crippen LogP contribution in [-0.2, 0) is 16.1 Å². The zero-order valence-electron chi connectivity index (χ0n) is 19.5. The number of hydrogen-bond donors (Lipinski definition) is 0. The number of rotatable bonds is 6. The first-order chi connectivity index (χ1) is 16.4. The number of halogens is 1. The van der Waals surface area contributed by atoms with Gasteiger partial charge < -0.3 is 9.64 Å². The van der Waals surface area contributed by atoms with Crippen LogP contribution in [0.5, 0.6) is 5.75 Å². The minimum atomic E-state index is -0.106. The summed E-state index contributed by atoms with van der Waals surface area (Å²) in [5.74, 6) is 0.656. The highest BCUT2D eigenvalue weighted by atomic mass is 35.5. The number of aromatic nitrogens is 1. The minimum absolute atomic E-state index is 0.106. The molecule has 2 fully saturated rings. The number of carbonyl (C=O) groups excluding carboxylic acids is 2. The summed E-state index contributed by atoms with van der Waals surface area (Å²) < 4.78 is 7.62. The van der Waals surface area contributed by atoms with E-state index in [0.717, 1.165) is 70.0 Å². The lowest BCUT2D eigenvalue weighted by Crippen LogP contribution is -2.38. The summed E-state index contributed by atoms with van der Waals surface area (Å²) in [6.07, 6.45) is 4.56. The van der Waals surface area contributed by atoms with Crippen molar-refractivity contribution in [2.24, 2.45) is 0 Å². The van der Waals surface area contributed by atoms with Gasteiger partial charge in [-0.05, 0) is 56.1 Å². The molecule has 178 valence electrons. The van der Waals surface area contributed by atoms with Gasteiger partial charge in [-0.3, -0.25) is 19.5 Å². The molecule has 1 aromatic carbocycles. The predicted molar refractivity (Wildman–Crippen MR) is 135 cm³/mol. The van der Waals surface area contributed by atoms with Crippen molar-refractivity contribution in [1.82, 2.24) is 14.8 Å². The first-order valence-corrected chi connectivity index (χ1v) is 13.0. The Hall–Kier alpha value is -2.48. The third kappa shape index (κ3) is 4.57. The molecule has 0 bridgehead atoms. The van der Waals surface area contributed by atoms with Crippen molar-refractivity contribution in [3.63, 3.8) is 0 Å². The third-order valence-electron chi connectivity index (χ3n) is 6.73. The molecule has 0 atom stereocenters. The van der Waals surface area contributed by atoms with Gasteiger partial charge in [0, 0.05) is 53.2 Å². The Morgan fingerprint density at radius 2 is 1.85 bits per heavy atom. The van der Waals surface area contributed by atoms with Gasteiger partial charge in [0.25, 0.3) is 0 Å². The maximum Gasteiger partial charge on any atom is 0.230 e. The number of hydrogen-bond acceptors (Lipinski definition) is 6. The molecule has 5 rings (SSSR count). The van der Waals surface area contributed by atoms with Crippen LogP contribution >= 0.6 is 22.9 Å². The number of amides is 2. The van der Waals surface area contributed by atoms with Crippen LogP contribution in [0.15, 0.2) is 30.5 Å². The number of likely N-dealkylation sites (tertiary alicyclic amines) is 2. The van der Waals surface area contributed by atoms with E-state index < -0.39 is 0 Å². The highest BCUT2D eigenvalue weighted by Crippen LogP contribution is 2.42. The molecule has 4 heterocycles. The Balaban J connectivity index is 1.50. The molecule has 0 spiro atoms. The van der Waals surface area contributed by atoms with Gasteiger partial charge in [0.15, 0.2) is 0 Å². The number of carbonyl (C=O) groups is 2. The van der Waals surface area contributed by atoms with Crippen LogP contribution in [0.1, 0.15) is 43.0 Å². The van der Waals surface area contributed by atoms with Crippen LogP contribution in [0.3, 0.4) is 0 Å². The number of piperidine rings is 1. The molecule has 0 radical (unpaired) electrons. The number of nitrogens with zero attached hydrogens (tertiary/aromatic N) is 3. The fraction of sp³-hybridized carbons (Fsp3) is 0.423. The second-order valence-corrected chi connectivity index (χ2v) is 10.6. The molecule has 34 heavy (non-hydrogen) atoms. The Bertz CT molecular complexity index is 1230. The molecule has 0 unspecified atom stereocenters. The summed E-state index contributed by atoms with van der Waals surface area (Å²) in [5.41, 5.74) is 3.82. The molecule has 2 saturated heterocycles. The second-order valence-electron chi connectivity index (χ2n) is 9.01. The van der Waals surface area contributed by atoms with E-state index in [1.54, 1.807) is 17.5 Å². The highest BCUT2D eigenvalue weighted by molar-refractivity contribution is 7.19. The van der Waals surface area contributed by atoms with E-state index in [2.05, 4.69) is 16.8 Å². The number of pyridine rings is 1. The van der Waals surface area contributed by atoms with E-state index >= 15 is 0 Å². The summed E-state index contributed by atoms with van der Waals surface area (Å²) in [6.45, 7) is 7.70. The highest BCUT2D eigenvalue weighted by Gasteiger charge is 2.29. The molecule has 2 aliphatic rings. The quantitative estimate of drug-likeness (QED) is 0.424. The fourth-order valence-corrected chi connectivity index (χ4v) is 6.23. The van der Waals surface area contributed by atoms with Crippen molar-refractivity contribution >= 4 is 45.0 Å². The van der Waals surface area contributed by atoms with Gasteiger partial charge >= 0.3 is 0 Å². The first kappa shape index (κ1) is 23.3. The molecule has 8 heteroatoms. The largest absolute Gasteiger partial charge is 0.489 e. The van der Waals surface area contributed by atoms with Crippen LogP contribution in [0.25, 0.3) is 21.3 Å². The lowest BCUT2D eigenvalue weighted by atomic mass is 10.0. The summed E-state index contributed by atoms with van der Waals surface area (Å²) >= 11 is 8.06. The van der Waals surface area contributed by atoms with E-state index in [4.69, 9.17) is 16.3 Å². The number of fused-ring (bicyclic) bond motifs is 1. The van der Waals surface area contributed by atoms with Crippen LogP contribution < -0.4 is 4.74 Å². The number of aryl methyl sites for hydroxylation is 1. The van der Waals surface area contributed by atoms with Crippen molar-refractivity contribution < 1.29 is 14.3 Å². The van der Waals surface area contributed by atoms with Gasteiger partial charge in [0.2, 0.25) is 11.8 Å². The fourth-order valence-electron chi connectivity index (χ4n) is 4.83. The molecular formula is C26H28ClN3O3S. The van der Waals surface area contributed by atoms with Gasteiger partial charge in [0.05, 0.1) is 16.8 Å². The molecule has 0 aliphatic carbocycles. The zero-order valence-corrected chi connectivity index (χ0v) is 21.0. The van der Waals surface area contributed by atoms with E-state index in [1.165, 1.54) is 4.90 Å². The second kappa shape index (κ2) is 9.64. The molecular weight excluding hydrogens is 470 g/mol. The number of thiophene rings is 1. The average Bonchev–Trinajstić information content (AvgIpc) is 3.39. The van der Waals surface area contributed by atoms with Crippen LogP contribution in [0.2, 0.25) is 5.02 Å². The Kier molecular flexibility index (Phi) is 6.60. The van der Waals surface area contributed by atoms with Gasteiger partial charge in [-0.2, -0.15) is 0 Å². The monoisotopic (exact) mass is 497 g/mol. The van der Waals surface area contributed by atoms with Crippen molar-refractivity contribution in [2.45, 2.75) is 52.2 Å². The van der Waals surface area contributed by atoms with E-state index in [9.17, 15) is 9.59 Å². The maximum atomic E-state index is 12.1. The molecule has 2 aromatic heterocycles. The van der Waals surface area contributed by atoms with Crippen LogP contribution in [0.4, 0.5) is 0 Å². The standard InChI is InChI=1S/C26H28ClN3O3S/c1-3-29-10-7-18(8-11-29)33-25-16(2)12-17(27)13-21(25)20-6-9-28-22-14-19(34-26(20)22)15-30-23(31)4-5-24(30)32/h6,9,12-14,18H,3-5,7-8,10-11,15H2,1-2H3. The Morgan fingerprint density at radius 1 is 1.12 bits per heavy atom. The maximum absolute atomic E-state index is 12.1. The van der Waals surface area contributed by atoms with Crippen LogP contribution in [-0.4, -0.2) is 52.3 Å².